The van der Waals surface area contributed by atoms with Gasteiger partial charge in [-0.3, -0.25) is 4.57 Å². The van der Waals surface area contributed by atoms with Crippen molar-refractivity contribution in [2.24, 2.45) is 0 Å². The highest BCUT2D eigenvalue weighted by atomic mass is 31.2. The maximum absolute atomic E-state index is 12.3. The van der Waals surface area contributed by atoms with Gasteiger partial charge in [-0.25, -0.2) is 4.79 Å². The molecule has 33 heavy (non-hydrogen) atoms. The van der Waals surface area contributed by atoms with E-state index < -0.39 is 7.60 Å². The fourth-order valence-corrected chi connectivity index (χ4v) is 5.64. The molecule has 0 aromatic carbocycles. The third-order valence-electron chi connectivity index (χ3n) is 5.86. The first-order valence-electron chi connectivity index (χ1n) is 14.0. The minimum absolute atomic E-state index is 0.154. The van der Waals surface area contributed by atoms with Crippen molar-refractivity contribution in [2.45, 2.75) is 130 Å². The Kier molecular flexibility index (Phi) is 24.1. The van der Waals surface area contributed by atoms with E-state index in [1.807, 2.05) is 0 Å². The molecule has 0 fully saturated rings. The van der Waals surface area contributed by atoms with Gasteiger partial charge < -0.3 is 19.7 Å². The van der Waals surface area contributed by atoms with Crippen LogP contribution >= 0.6 is 7.60 Å². The summed E-state index contributed by atoms with van der Waals surface area (Å²) < 4.78 is 22.8. The fraction of sp³-hybridized carbons (Fsp3) is 0.962. The van der Waals surface area contributed by atoms with E-state index in [1.54, 1.807) is 13.8 Å². The molecule has 0 radical (unpaired) electrons. The van der Waals surface area contributed by atoms with Gasteiger partial charge in [-0.05, 0) is 26.7 Å². The Bertz CT molecular complexity index is 467. The molecule has 0 atom stereocenters. The number of hydrogen-bond acceptors (Lipinski definition) is 4. The number of unbranched alkanes of at least 4 members (excludes halogenated alkanes) is 15. The molecule has 0 bridgehead atoms. The van der Waals surface area contributed by atoms with Crippen LogP contribution in [0.2, 0.25) is 0 Å². The number of carbonyl (C=O) groups is 1. The molecule has 0 saturated heterocycles. The van der Waals surface area contributed by atoms with Gasteiger partial charge in [-0.2, -0.15) is 0 Å². The molecule has 2 amide bonds. The monoisotopic (exact) mass is 490 g/mol. The second-order valence-electron chi connectivity index (χ2n) is 9.01. The number of amides is 2. The maximum Gasteiger partial charge on any atom is 0.330 e. The molecule has 6 nitrogen and oxygen atoms in total. The summed E-state index contributed by atoms with van der Waals surface area (Å²) in [6.07, 6.45) is 22.5. The van der Waals surface area contributed by atoms with Crippen LogP contribution in [-0.4, -0.2) is 38.5 Å². The molecule has 0 aliphatic carbocycles. The minimum Gasteiger partial charge on any atom is -0.338 e. The first-order valence-corrected chi connectivity index (χ1v) is 15.7. The molecular weight excluding hydrogens is 435 g/mol. The molecular formula is C26H55N2O4P. The van der Waals surface area contributed by atoms with Crippen LogP contribution in [0.25, 0.3) is 0 Å². The van der Waals surface area contributed by atoms with Crippen molar-refractivity contribution in [3.05, 3.63) is 0 Å². The summed E-state index contributed by atoms with van der Waals surface area (Å²) in [7, 11) is -3.01. The standard InChI is InChI=1S/C26H55N2O4P/c1-4-7-8-9-10-11-12-13-14-15-16-17-18-19-20-21-23-27-26(29)28-24-22-25-33(30,31-5-2)32-6-3/h4-25H2,1-3H3,(H2,27,28,29). The third kappa shape index (κ3) is 23.0. The third-order valence-corrected chi connectivity index (χ3v) is 8.03. The molecule has 0 saturated carbocycles. The SMILES string of the molecule is CCCCCCCCCCCCCCCCCCNC(=O)NCCCP(=O)(OCC)OCC. The van der Waals surface area contributed by atoms with Gasteiger partial charge >= 0.3 is 13.6 Å². The van der Waals surface area contributed by atoms with Gasteiger partial charge in [0.05, 0.1) is 19.4 Å². The van der Waals surface area contributed by atoms with Gasteiger partial charge in [0.2, 0.25) is 0 Å². The van der Waals surface area contributed by atoms with E-state index in [2.05, 4.69) is 17.6 Å². The molecule has 7 heteroatoms. The lowest BCUT2D eigenvalue weighted by atomic mass is 10.0. The van der Waals surface area contributed by atoms with Gasteiger partial charge in [-0.1, -0.05) is 103 Å². The van der Waals surface area contributed by atoms with Gasteiger partial charge in [0, 0.05) is 13.1 Å². The average molecular weight is 491 g/mol. The van der Waals surface area contributed by atoms with Gasteiger partial charge in [0.25, 0.3) is 0 Å². The smallest absolute Gasteiger partial charge is 0.330 e. The molecule has 0 rings (SSSR count). The van der Waals surface area contributed by atoms with Crippen molar-refractivity contribution in [2.75, 3.05) is 32.5 Å². The first kappa shape index (κ1) is 32.4. The minimum atomic E-state index is -3.01. The molecule has 0 aliphatic heterocycles. The molecule has 198 valence electrons. The van der Waals surface area contributed by atoms with E-state index in [9.17, 15) is 9.36 Å². The summed E-state index contributed by atoms with van der Waals surface area (Å²) in [6.45, 7) is 7.79. The highest BCUT2D eigenvalue weighted by Gasteiger charge is 2.22. The number of hydrogen-bond donors (Lipinski definition) is 2. The lowest BCUT2D eigenvalue weighted by Crippen LogP contribution is -2.36. The van der Waals surface area contributed by atoms with E-state index in [0.717, 1.165) is 6.42 Å². The lowest BCUT2D eigenvalue weighted by Gasteiger charge is -2.16. The normalized spacial score (nSPS) is 11.6. The van der Waals surface area contributed by atoms with Gasteiger partial charge in [-0.15, -0.1) is 0 Å². The van der Waals surface area contributed by atoms with Crippen molar-refractivity contribution < 1.29 is 18.4 Å². The van der Waals surface area contributed by atoms with E-state index in [1.165, 1.54) is 96.3 Å². The van der Waals surface area contributed by atoms with Crippen molar-refractivity contribution in [1.82, 2.24) is 10.6 Å². The van der Waals surface area contributed by atoms with E-state index >= 15 is 0 Å². The largest absolute Gasteiger partial charge is 0.338 e. The summed E-state index contributed by atoms with van der Waals surface area (Å²) in [5, 5.41) is 5.71. The van der Waals surface area contributed by atoms with E-state index in [0.29, 0.717) is 38.9 Å². The van der Waals surface area contributed by atoms with Crippen LogP contribution in [0, 0.1) is 0 Å². The van der Waals surface area contributed by atoms with Crippen LogP contribution in [0.5, 0.6) is 0 Å². The van der Waals surface area contributed by atoms with Crippen molar-refractivity contribution in [3.63, 3.8) is 0 Å². The van der Waals surface area contributed by atoms with Crippen molar-refractivity contribution in [1.29, 1.82) is 0 Å². The summed E-state index contributed by atoms with van der Waals surface area (Å²) in [5.74, 6) is 0. The zero-order valence-corrected chi connectivity index (χ0v) is 23.0. The molecule has 2 N–H and O–H groups in total. The van der Waals surface area contributed by atoms with Crippen LogP contribution in [-0.2, 0) is 13.6 Å². The topological polar surface area (TPSA) is 76.7 Å². The molecule has 0 unspecified atom stereocenters. The molecule has 0 aliphatic rings. The summed E-state index contributed by atoms with van der Waals surface area (Å²) in [4.78, 5) is 11.8. The maximum atomic E-state index is 12.3. The van der Waals surface area contributed by atoms with Crippen LogP contribution in [0.4, 0.5) is 4.79 Å². The fourth-order valence-electron chi connectivity index (χ4n) is 3.97. The zero-order chi connectivity index (χ0) is 24.5. The van der Waals surface area contributed by atoms with Gasteiger partial charge in [0.15, 0.2) is 0 Å². The van der Waals surface area contributed by atoms with Crippen LogP contribution in [0.1, 0.15) is 130 Å². The Morgan fingerprint density at radius 1 is 0.576 bits per heavy atom. The summed E-state index contributed by atoms with van der Waals surface area (Å²) in [6, 6.07) is -0.154. The average Bonchev–Trinajstić information content (AvgIpc) is 2.79. The van der Waals surface area contributed by atoms with Crippen LogP contribution in [0.3, 0.4) is 0 Å². The zero-order valence-electron chi connectivity index (χ0n) is 22.1. The molecule has 0 heterocycles. The highest BCUT2D eigenvalue weighted by molar-refractivity contribution is 7.53. The summed E-state index contributed by atoms with van der Waals surface area (Å²) >= 11 is 0. The van der Waals surface area contributed by atoms with Crippen molar-refractivity contribution >= 4 is 13.6 Å². The Morgan fingerprint density at radius 3 is 1.33 bits per heavy atom. The lowest BCUT2D eigenvalue weighted by molar-refractivity contribution is 0.219. The molecule has 0 aromatic heterocycles. The van der Waals surface area contributed by atoms with E-state index in [4.69, 9.17) is 9.05 Å². The number of rotatable bonds is 25. The second-order valence-corrected chi connectivity index (χ2v) is 11.2. The Balaban J connectivity index is 3.35. The van der Waals surface area contributed by atoms with Crippen molar-refractivity contribution in [3.8, 4) is 0 Å². The quantitative estimate of drug-likeness (QED) is 0.0998. The Labute approximate surface area is 205 Å². The Hall–Kier alpha value is -0.580. The number of nitrogens with one attached hydrogen (secondary N) is 2. The predicted molar refractivity (Wildman–Crippen MR) is 141 cm³/mol. The highest BCUT2D eigenvalue weighted by Crippen LogP contribution is 2.48. The molecule has 0 aromatic rings. The molecule has 0 spiro atoms. The predicted octanol–water partition coefficient (Wildman–Crippen LogP) is 8.20. The summed E-state index contributed by atoms with van der Waals surface area (Å²) in [5.41, 5.74) is 0. The first-order chi connectivity index (χ1) is 16.1. The Morgan fingerprint density at radius 2 is 0.939 bits per heavy atom. The van der Waals surface area contributed by atoms with Gasteiger partial charge in [0.1, 0.15) is 0 Å². The van der Waals surface area contributed by atoms with Crippen LogP contribution < -0.4 is 10.6 Å². The van der Waals surface area contributed by atoms with Crippen LogP contribution in [0.15, 0.2) is 0 Å². The number of carbonyl (C=O) groups excluding carboxylic acids is 1. The second kappa shape index (κ2) is 24.5. The van der Waals surface area contributed by atoms with E-state index in [-0.39, 0.29) is 6.03 Å². The number of urea groups is 1.